The van der Waals surface area contributed by atoms with Crippen molar-refractivity contribution in [1.29, 1.82) is 0 Å². The number of carbonyl (C=O) groups is 1. The van der Waals surface area contributed by atoms with Crippen LogP contribution < -0.4 is 15.4 Å². The Kier molecular flexibility index (Phi) is 5.07. The Morgan fingerprint density at radius 1 is 1.37 bits per heavy atom. The third-order valence-corrected chi connectivity index (χ3v) is 5.20. The second-order valence-corrected chi connectivity index (χ2v) is 6.88. The van der Waals surface area contributed by atoms with E-state index >= 15 is 0 Å². The standard InChI is InChI=1S/C21H23N3O3/c25-21(26)18-5-9-23-13-19(18)24-12-16-6-10-27-20-11-15(1-2-17(16)20)14-3-7-22-8-4-14/h1-3,5,9,11,13,16,22,24H,4,6-8,10,12H2,(H,25,26)/t16-/m1/s1. The molecule has 27 heavy (non-hydrogen) atoms. The average molecular weight is 365 g/mol. The zero-order valence-corrected chi connectivity index (χ0v) is 15.1. The third kappa shape index (κ3) is 3.80. The number of benzene rings is 1. The molecule has 3 heterocycles. The van der Waals surface area contributed by atoms with Crippen LogP contribution >= 0.6 is 0 Å². The lowest BCUT2D eigenvalue weighted by Gasteiger charge is -2.27. The van der Waals surface area contributed by atoms with Gasteiger partial charge in [0.15, 0.2) is 0 Å². The number of anilines is 1. The van der Waals surface area contributed by atoms with Gasteiger partial charge in [-0.2, -0.15) is 0 Å². The summed E-state index contributed by atoms with van der Waals surface area (Å²) in [5.74, 6) is 0.258. The van der Waals surface area contributed by atoms with Gasteiger partial charge >= 0.3 is 5.97 Å². The molecule has 2 aliphatic heterocycles. The molecule has 0 aliphatic carbocycles. The summed E-state index contributed by atoms with van der Waals surface area (Å²) < 4.78 is 5.92. The molecule has 0 amide bonds. The van der Waals surface area contributed by atoms with Gasteiger partial charge in [-0.15, -0.1) is 0 Å². The maximum atomic E-state index is 11.4. The van der Waals surface area contributed by atoms with Crippen LogP contribution in [0.25, 0.3) is 5.57 Å². The summed E-state index contributed by atoms with van der Waals surface area (Å²) in [5.41, 5.74) is 4.55. The summed E-state index contributed by atoms with van der Waals surface area (Å²) in [6.07, 6.45) is 7.23. The SMILES string of the molecule is O=C(O)c1ccncc1NC[C@H]1CCOc2cc(C3=CCNCC3)ccc21. The van der Waals surface area contributed by atoms with Crippen molar-refractivity contribution in [2.24, 2.45) is 0 Å². The van der Waals surface area contributed by atoms with Gasteiger partial charge in [0.1, 0.15) is 5.75 Å². The number of pyridine rings is 1. The molecule has 0 unspecified atom stereocenters. The van der Waals surface area contributed by atoms with Gasteiger partial charge in [0, 0.05) is 25.2 Å². The van der Waals surface area contributed by atoms with Gasteiger partial charge in [0.05, 0.1) is 24.1 Å². The number of hydrogen-bond donors (Lipinski definition) is 3. The van der Waals surface area contributed by atoms with E-state index in [0.29, 0.717) is 18.8 Å². The van der Waals surface area contributed by atoms with E-state index in [2.05, 4.69) is 39.9 Å². The molecule has 0 saturated heterocycles. The number of ether oxygens (including phenoxy) is 1. The van der Waals surface area contributed by atoms with Crippen LogP contribution in [0.1, 0.15) is 40.2 Å². The normalized spacial score (nSPS) is 18.8. The van der Waals surface area contributed by atoms with Crippen LogP contribution in [-0.4, -0.2) is 42.3 Å². The molecule has 1 atom stereocenters. The van der Waals surface area contributed by atoms with E-state index in [0.717, 1.165) is 31.7 Å². The zero-order valence-electron chi connectivity index (χ0n) is 15.1. The monoisotopic (exact) mass is 365 g/mol. The average Bonchev–Trinajstić information content (AvgIpc) is 2.72. The highest BCUT2D eigenvalue weighted by molar-refractivity contribution is 5.93. The van der Waals surface area contributed by atoms with Crippen LogP contribution in [0, 0.1) is 0 Å². The van der Waals surface area contributed by atoms with Gasteiger partial charge in [-0.3, -0.25) is 4.98 Å². The Hall–Kier alpha value is -2.86. The first-order chi connectivity index (χ1) is 13.2. The van der Waals surface area contributed by atoms with Crippen molar-refractivity contribution in [3.63, 3.8) is 0 Å². The fraction of sp³-hybridized carbons (Fsp3) is 0.333. The molecular weight excluding hydrogens is 342 g/mol. The van der Waals surface area contributed by atoms with E-state index in [1.165, 1.54) is 29.0 Å². The number of hydrogen-bond acceptors (Lipinski definition) is 5. The molecule has 140 valence electrons. The van der Waals surface area contributed by atoms with Crippen LogP contribution in [0.15, 0.2) is 42.7 Å². The largest absolute Gasteiger partial charge is 0.493 e. The quantitative estimate of drug-likeness (QED) is 0.755. The Bertz CT molecular complexity index is 879. The van der Waals surface area contributed by atoms with Gasteiger partial charge in [0.2, 0.25) is 0 Å². The summed E-state index contributed by atoms with van der Waals surface area (Å²) in [5, 5.41) is 15.9. The molecule has 2 aromatic rings. The Morgan fingerprint density at radius 2 is 2.30 bits per heavy atom. The maximum Gasteiger partial charge on any atom is 0.337 e. The highest BCUT2D eigenvalue weighted by Gasteiger charge is 2.23. The molecule has 2 aliphatic rings. The highest BCUT2D eigenvalue weighted by atomic mass is 16.5. The van der Waals surface area contributed by atoms with Crippen molar-refractivity contribution in [2.75, 3.05) is 31.6 Å². The summed E-state index contributed by atoms with van der Waals surface area (Å²) in [6.45, 7) is 3.24. The van der Waals surface area contributed by atoms with Gasteiger partial charge in [0.25, 0.3) is 0 Å². The Morgan fingerprint density at radius 3 is 3.11 bits per heavy atom. The molecule has 0 bridgehead atoms. The lowest BCUT2D eigenvalue weighted by molar-refractivity contribution is 0.0697. The molecular formula is C21H23N3O3. The molecule has 1 aromatic carbocycles. The Labute approximate surface area is 158 Å². The van der Waals surface area contributed by atoms with E-state index in [1.54, 1.807) is 6.20 Å². The molecule has 4 rings (SSSR count). The van der Waals surface area contributed by atoms with Gasteiger partial charge in [-0.25, -0.2) is 4.79 Å². The van der Waals surface area contributed by atoms with Crippen LogP contribution in [-0.2, 0) is 0 Å². The lowest BCUT2D eigenvalue weighted by Crippen LogP contribution is -2.22. The smallest absolute Gasteiger partial charge is 0.337 e. The number of carboxylic acids is 1. The summed E-state index contributed by atoms with van der Waals surface area (Å²) in [7, 11) is 0. The minimum absolute atomic E-state index is 0.241. The molecule has 6 nitrogen and oxygen atoms in total. The molecule has 0 fully saturated rings. The van der Waals surface area contributed by atoms with Crippen LogP contribution in [0.2, 0.25) is 0 Å². The van der Waals surface area contributed by atoms with Gasteiger partial charge in [-0.1, -0.05) is 18.2 Å². The summed E-state index contributed by atoms with van der Waals surface area (Å²) >= 11 is 0. The number of nitrogens with zero attached hydrogens (tertiary/aromatic N) is 1. The van der Waals surface area contributed by atoms with Crippen LogP contribution in [0.4, 0.5) is 5.69 Å². The predicted molar refractivity (Wildman–Crippen MR) is 104 cm³/mol. The lowest BCUT2D eigenvalue weighted by atomic mass is 9.90. The summed E-state index contributed by atoms with van der Waals surface area (Å²) in [4.78, 5) is 15.4. The topological polar surface area (TPSA) is 83.5 Å². The first-order valence-corrected chi connectivity index (χ1v) is 9.30. The highest BCUT2D eigenvalue weighted by Crippen LogP contribution is 2.36. The second-order valence-electron chi connectivity index (χ2n) is 6.88. The molecule has 6 heteroatoms. The number of nitrogens with one attached hydrogen (secondary N) is 2. The fourth-order valence-corrected chi connectivity index (χ4v) is 3.71. The number of fused-ring (bicyclic) bond motifs is 1. The van der Waals surface area contributed by atoms with Crippen molar-refractivity contribution in [2.45, 2.75) is 18.8 Å². The van der Waals surface area contributed by atoms with E-state index < -0.39 is 5.97 Å². The third-order valence-electron chi connectivity index (χ3n) is 5.20. The number of aromatic nitrogens is 1. The number of rotatable bonds is 5. The van der Waals surface area contributed by atoms with Gasteiger partial charge in [-0.05, 0) is 48.2 Å². The molecule has 0 saturated carbocycles. The van der Waals surface area contributed by atoms with Gasteiger partial charge < -0.3 is 20.5 Å². The van der Waals surface area contributed by atoms with E-state index in [4.69, 9.17) is 4.74 Å². The van der Waals surface area contributed by atoms with Crippen molar-refractivity contribution in [1.82, 2.24) is 10.3 Å². The molecule has 0 spiro atoms. The predicted octanol–water partition coefficient (Wildman–Crippen LogP) is 3.13. The molecule has 1 aromatic heterocycles. The van der Waals surface area contributed by atoms with E-state index in [9.17, 15) is 9.90 Å². The van der Waals surface area contributed by atoms with Crippen molar-refractivity contribution in [3.8, 4) is 5.75 Å². The first kappa shape index (κ1) is 17.5. The molecule has 0 radical (unpaired) electrons. The van der Waals surface area contributed by atoms with Crippen molar-refractivity contribution in [3.05, 3.63) is 59.4 Å². The fourth-order valence-electron chi connectivity index (χ4n) is 3.71. The number of carboxylic acid groups (broad SMARTS) is 1. The second kappa shape index (κ2) is 7.80. The molecule has 3 N–H and O–H groups in total. The summed E-state index contributed by atoms with van der Waals surface area (Å²) in [6, 6.07) is 7.98. The van der Waals surface area contributed by atoms with E-state index in [1.807, 2.05) is 0 Å². The first-order valence-electron chi connectivity index (χ1n) is 9.30. The minimum atomic E-state index is -0.952. The van der Waals surface area contributed by atoms with Crippen LogP contribution in [0.5, 0.6) is 5.75 Å². The Balaban J connectivity index is 1.52. The zero-order chi connectivity index (χ0) is 18.6. The van der Waals surface area contributed by atoms with E-state index in [-0.39, 0.29) is 11.5 Å². The van der Waals surface area contributed by atoms with Crippen LogP contribution in [0.3, 0.4) is 0 Å². The minimum Gasteiger partial charge on any atom is -0.493 e. The number of aromatic carboxylic acids is 1. The van der Waals surface area contributed by atoms with Crippen molar-refractivity contribution >= 4 is 17.2 Å². The van der Waals surface area contributed by atoms with Crippen molar-refractivity contribution < 1.29 is 14.6 Å². The maximum absolute atomic E-state index is 11.4.